The maximum Gasteiger partial charge on any atom is 0.303 e. The molecule has 0 aliphatic carbocycles. The predicted molar refractivity (Wildman–Crippen MR) is 83.3 cm³/mol. The second kappa shape index (κ2) is 7.37. The zero-order valence-corrected chi connectivity index (χ0v) is 13.3. The monoisotopic (exact) mass is 338 g/mol. The van der Waals surface area contributed by atoms with Gasteiger partial charge < -0.3 is 10.0 Å². The molecule has 1 aliphatic rings. The average molecular weight is 338 g/mol. The minimum Gasteiger partial charge on any atom is -0.481 e. The molecule has 130 valence electrons. The van der Waals surface area contributed by atoms with Crippen molar-refractivity contribution >= 4 is 17.6 Å². The third-order valence-corrected chi connectivity index (χ3v) is 4.25. The van der Waals surface area contributed by atoms with Crippen molar-refractivity contribution in [2.75, 3.05) is 13.1 Å². The predicted octanol–water partition coefficient (Wildman–Crippen LogP) is 2.76. The first-order chi connectivity index (χ1) is 11.3. The Balaban J connectivity index is 2.22. The summed E-state index contributed by atoms with van der Waals surface area (Å²) in [6.45, 7) is 2.15. The third kappa shape index (κ3) is 4.06. The number of rotatable bonds is 5. The van der Waals surface area contributed by atoms with Crippen LogP contribution in [0.5, 0.6) is 0 Å². The van der Waals surface area contributed by atoms with Crippen LogP contribution in [-0.2, 0) is 4.79 Å². The van der Waals surface area contributed by atoms with Gasteiger partial charge in [-0.15, -0.1) is 0 Å². The van der Waals surface area contributed by atoms with Gasteiger partial charge in [-0.1, -0.05) is 0 Å². The van der Waals surface area contributed by atoms with Crippen molar-refractivity contribution in [2.45, 2.75) is 32.6 Å². The molecule has 24 heavy (non-hydrogen) atoms. The average Bonchev–Trinajstić information content (AvgIpc) is 2.51. The molecule has 0 saturated carbocycles. The Morgan fingerprint density at radius 3 is 2.79 bits per heavy atom. The Kier molecular flexibility index (Phi) is 5.48. The summed E-state index contributed by atoms with van der Waals surface area (Å²) in [6, 6.07) is 1.93. The number of likely N-dealkylation sites (tertiary alicyclic amines) is 1. The van der Waals surface area contributed by atoms with Crippen LogP contribution < -0.4 is 0 Å². The summed E-state index contributed by atoms with van der Waals surface area (Å²) < 4.78 is 13.6. The lowest BCUT2D eigenvalue weighted by molar-refractivity contribution is -0.385. The van der Waals surface area contributed by atoms with Gasteiger partial charge in [0.15, 0.2) is 0 Å². The molecule has 1 unspecified atom stereocenters. The lowest BCUT2D eigenvalue weighted by atomic mass is 9.92. The summed E-state index contributed by atoms with van der Waals surface area (Å²) in [5.41, 5.74) is -0.534. The maximum atomic E-state index is 13.6. The van der Waals surface area contributed by atoms with Crippen LogP contribution in [0.4, 0.5) is 10.1 Å². The first kappa shape index (κ1) is 17.8. The van der Waals surface area contributed by atoms with Gasteiger partial charge in [-0.3, -0.25) is 19.7 Å². The number of benzene rings is 1. The second-order valence-electron chi connectivity index (χ2n) is 6.07. The molecule has 0 radical (unpaired) electrons. The van der Waals surface area contributed by atoms with Crippen LogP contribution in [0.2, 0.25) is 0 Å². The fourth-order valence-corrected chi connectivity index (χ4v) is 3.12. The van der Waals surface area contributed by atoms with Crippen LogP contribution in [0.15, 0.2) is 12.1 Å². The van der Waals surface area contributed by atoms with E-state index in [1.807, 2.05) is 0 Å². The molecule has 1 aliphatic heterocycles. The zero-order valence-electron chi connectivity index (χ0n) is 13.3. The number of hydrogen-bond donors (Lipinski definition) is 1. The van der Waals surface area contributed by atoms with Crippen molar-refractivity contribution < 1.29 is 24.0 Å². The van der Waals surface area contributed by atoms with Crippen molar-refractivity contribution in [1.82, 2.24) is 4.90 Å². The van der Waals surface area contributed by atoms with Crippen molar-refractivity contribution in [3.05, 3.63) is 39.2 Å². The minimum absolute atomic E-state index is 0.0198. The number of nitro groups is 1. The van der Waals surface area contributed by atoms with Gasteiger partial charge in [-0.25, -0.2) is 4.39 Å². The fraction of sp³-hybridized carbons (Fsp3) is 0.500. The van der Waals surface area contributed by atoms with Gasteiger partial charge in [0, 0.05) is 25.1 Å². The summed E-state index contributed by atoms with van der Waals surface area (Å²) in [7, 11) is 0. The Bertz CT molecular complexity index is 677. The van der Waals surface area contributed by atoms with E-state index in [9.17, 15) is 24.1 Å². The van der Waals surface area contributed by atoms with Crippen molar-refractivity contribution in [1.29, 1.82) is 0 Å². The van der Waals surface area contributed by atoms with Crippen LogP contribution in [0.1, 0.15) is 41.6 Å². The molecule has 0 aromatic heterocycles. The highest BCUT2D eigenvalue weighted by atomic mass is 19.1. The third-order valence-electron chi connectivity index (χ3n) is 4.25. The molecule has 8 heteroatoms. The Hall–Kier alpha value is -2.51. The Morgan fingerprint density at radius 2 is 2.17 bits per heavy atom. The topological polar surface area (TPSA) is 101 Å². The largest absolute Gasteiger partial charge is 0.481 e. The fourth-order valence-electron chi connectivity index (χ4n) is 3.12. The molecule has 7 nitrogen and oxygen atoms in total. The SMILES string of the molecule is Cc1cc(F)cc(C(=O)N2CCCC(CCC(=O)O)C2)c1[N+](=O)[O-]. The van der Waals surface area contributed by atoms with E-state index in [0.717, 1.165) is 18.6 Å². The normalized spacial score (nSPS) is 17.6. The smallest absolute Gasteiger partial charge is 0.303 e. The first-order valence-electron chi connectivity index (χ1n) is 7.75. The highest BCUT2D eigenvalue weighted by Gasteiger charge is 2.30. The van der Waals surface area contributed by atoms with Crippen molar-refractivity contribution in [3.8, 4) is 0 Å². The van der Waals surface area contributed by atoms with Gasteiger partial charge >= 0.3 is 5.97 Å². The number of aryl methyl sites for hydroxylation is 1. The van der Waals surface area contributed by atoms with Gasteiger partial charge in [-0.05, 0) is 44.2 Å². The molecular weight excluding hydrogens is 319 g/mol. The Labute approximate surface area is 138 Å². The number of aliphatic carboxylic acids is 1. The molecule has 1 aromatic carbocycles. The zero-order chi connectivity index (χ0) is 17.9. The van der Waals surface area contributed by atoms with Gasteiger partial charge in [0.05, 0.1) is 4.92 Å². The highest BCUT2D eigenvalue weighted by molar-refractivity contribution is 5.98. The molecule has 1 atom stereocenters. The standard InChI is InChI=1S/C16H19FN2O5/c1-10-7-12(17)8-13(15(10)19(23)24)16(22)18-6-2-3-11(9-18)4-5-14(20)21/h7-8,11H,2-6,9H2,1H3,(H,20,21). The quantitative estimate of drug-likeness (QED) is 0.657. The summed E-state index contributed by atoms with van der Waals surface area (Å²) >= 11 is 0. The summed E-state index contributed by atoms with van der Waals surface area (Å²) in [4.78, 5) is 35.3. The molecule has 2 rings (SSSR count). The van der Waals surface area contributed by atoms with Crippen LogP contribution in [0, 0.1) is 28.8 Å². The lowest BCUT2D eigenvalue weighted by Crippen LogP contribution is -2.40. The number of carboxylic acid groups (broad SMARTS) is 1. The number of nitro benzene ring substituents is 1. The van der Waals surface area contributed by atoms with Gasteiger partial charge in [0.2, 0.25) is 0 Å². The van der Waals surface area contributed by atoms with Gasteiger partial charge in [0.1, 0.15) is 11.4 Å². The van der Waals surface area contributed by atoms with E-state index < -0.39 is 22.6 Å². The summed E-state index contributed by atoms with van der Waals surface area (Å²) in [5, 5.41) is 20.0. The minimum atomic E-state index is -0.894. The van der Waals surface area contributed by atoms with E-state index in [-0.39, 0.29) is 29.2 Å². The van der Waals surface area contributed by atoms with Crippen LogP contribution >= 0.6 is 0 Å². The number of hydrogen-bond acceptors (Lipinski definition) is 4. The summed E-state index contributed by atoms with van der Waals surface area (Å²) in [6.07, 6.45) is 1.97. The number of nitrogens with zero attached hydrogens (tertiary/aromatic N) is 2. The van der Waals surface area contributed by atoms with E-state index in [2.05, 4.69) is 0 Å². The highest BCUT2D eigenvalue weighted by Crippen LogP contribution is 2.28. The van der Waals surface area contributed by atoms with E-state index in [0.29, 0.717) is 25.9 Å². The molecule has 1 heterocycles. The van der Waals surface area contributed by atoms with E-state index in [4.69, 9.17) is 5.11 Å². The number of carbonyl (C=O) groups excluding carboxylic acids is 1. The summed E-state index contributed by atoms with van der Waals surface area (Å²) in [5.74, 6) is -2.13. The van der Waals surface area contributed by atoms with E-state index >= 15 is 0 Å². The molecule has 0 spiro atoms. The van der Waals surface area contributed by atoms with Gasteiger partial charge in [-0.2, -0.15) is 0 Å². The molecule has 1 aromatic rings. The second-order valence-corrected chi connectivity index (χ2v) is 6.07. The number of amides is 1. The Morgan fingerprint density at radius 1 is 1.46 bits per heavy atom. The molecule has 0 bridgehead atoms. The van der Waals surface area contributed by atoms with Crippen LogP contribution in [-0.4, -0.2) is 39.9 Å². The number of carbonyl (C=O) groups is 2. The molecule has 1 amide bonds. The van der Waals surface area contributed by atoms with E-state index in [1.165, 1.54) is 11.8 Å². The molecule has 1 saturated heterocycles. The molecule has 1 N–H and O–H groups in total. The first-order valence-corrected chi connectivity index (χ1v) is 7.75. The molecule has 1 fully saturated rings. The lowest BCUT2D eigenvalue weighted by Gasteiger charge is -2.32. The van der Waals surface area contributed by atoms with Crippen LogP contribution in [0.3, 0.4) is 0 Å². The van der Waals surface area contributed by atoms with Crippen LogP contribution in [0.25, 0.3) is 0 Å². The number of carboxylic acids is 1. The van der Waals surface area contributed by atoms with Gasteiger partial charge in [0.25, 0.3) is 11.6 Å². The number of halogens is 1. The van der Waals surface area contributed by atoms with E-state index in [1.54, 1.807) is 0 Å². The molecular formula is C16H19FN2O5. The van der Waals surface area contributed by atoms with Crippen molar-refractivity contribution in [3.63, 3.8) is 0 Å². The number of piperidine rings is 1. The maximum absolute atomic E-state index is 13.6. The van der Waals surface area contributed by atoms with Crippen molar-refractivity contribution in [2.24, 2.45) is 5.92 Å².